The van der Waals surface area contributed by atoms with Crippen LogP contribution in [0.4, 0.5) is 17.2 Å². The van der Waals surface area contributed by atoms with Gasteiger partial charge < -0.3 is 14.5 Å². The smallest absolute Gasteiger partial charge is 0.248 e. The van der Waals surface area contributed by atoms with Gasteiger partial charge in [-0.05, 0) is 75.4 Å². The van der Waals surface area contributed by atoms with Gasteiger partial charge in [0, 0.05) is 52.4 Å². The van der Waals surface area contributed by atoms with Crippen LogP contribution in [0.5, 0.6) is 11.5 Å². The number of rotatable bonds is 9. The molecule has 1 saturated carbocycles. The number of para-hydroxylation sites is 1. The second kappa shape index (κ2) is 12.0. The summed E-state index contributed by atoms with van der Waals surface area (Å²) in [4.78, 5) is 39.9. The van der Waals surface area contributed by atoms with Crippen molar-refractivity contribution in [3.05, 3.63) is 79.0 Å². The van der Waals surface area contributed by atoms with Crippen molar-refractivity contribution in [3.63, 3.8) is 0 Å². The topological polar surface area (TPSA) is 87.0 Å². The molecule has 0 radical (unpaired) electrons. The number of carbonyl (C=O) groups excluding carboxylic acids is 2. The molecule has 44 heavy (non-hydrogen) atoms. The Kier molecular flexibility index (Phi) is 7.78. The van der Waals surface area contributed by atoms with Gasteiger partial charge in [-0.1, -0.05) is 24.3 Å². The number of hydrogen-bond acceptors (Lipinski definition) is 7. The van der Waals surface area contributed by atoms with Crippen molar-refractivity contribution in [2.75, 3.05) is 49.7 Å². The van der Waals surface area contributed by atoms with Gasteiger partial charge >= 0.3 is 0 Å². The number of likely N-dealkylation sites (N-methyl/N-ethyl adjacent to an activating group) is 1. The fourth-order valence-corrected chi connectivity index (χ4v) is 6.72. The van der Waals surface area contributed by atoms with Crippen LogP contribution in [-0.4, -0.2) is 88.1 Å². The molecule has 2 amide bonds. The minimum absolute atomic E-state index is 0.00816. The zero-order valence-electron chi connectivity index (χ0n) is 25.0. The molecule has 2 aliphatic heterocycles. The Morgan fingerprint density at radius 2 is 1.84 bits per heavy atom. The molecule has 3 aliphatic rings. The molecule has 4 aromatic rings. The van der Waals surface area contributed by atoms with Crippen LogP contribution in [0.2, 0.25) is 0 Å². The molecule has 0 spiro atoms. The first kappa shape index (κ1) is 28.5. The highest BCUT2D eigenvalue weighted by Gasteiger charge is 2.39. The SMILES string of the molecule is CPn1nc2c3c(ccnc31)N(c1ccc(Oc3ccccc3)cc1)CC(=O)N2[C@@H]1CCN(C(=O)/C=C/CN(C)C2CC2)C1. The van der Waals surface area contributed by atoms with Crippen molar-refractivity contribution in [2.24, 2.45) is 0 Å². The predicted molar refractivity (Wildman–Crippen MR) is 174 cm³/mol. The fourth-order valence-electron chi connectivity index (χ4n) is 6.14. The Morgan fingerprint density at radius 3 is 2.59 bits per heavy atom. The van der Waals surface area contributed by atoms with E-state index in [0.717, 1.165) is 34.7 Å². The van der Waals surface area contributed by atoms with E-state index in [1.807, 2.05) is 85.9 Å². The van der Waals surface area contributed by atoms with Crippen molar-refractivity contribution in [1.29, 1.82) is 0 Å². The number of hydrogen-bond donors (Lipinski definition) is 0. The average molecular weight is 610 g/mol. The van der Waals surface area contributed by atoms with Gasteiger partial charge in [-0.3, -0.25) is 19.4 Å². The predicted octanol–water partition coefficient (Wildman–Crippen LogP) is 5.03. The molecule has 0 bridgehead atoms. The summed E-state index contributed by atoms with van der Waals surface area (Å²) in [7, 11) is 2.45. The number of ether oxygens (including phenoxy) is 1. The van der Waals surface area contributed by atoms with E-state index in [0.29, 0.717) is 45.9 Å². The van der Waals surface area contributed by atoms with Crippen LogP contribution >= 0.6 is 8.73 Å². The van der Waals surface area contributed by atoms with Gasteiger partial charge in [0.2, 0.25) is 11.8 Å². The average Bonchev–Trinajstić information content (AvgIpc) is 3.70. The van der Waals surface area contributed by atoms with Crippen molar-refractivity contribution < 1.29 is 14.3 Å². The third-order valence-corrected chi connectivity index (χ3v) is 9.35. The van der Waals surface area contributed by atoms with Crippen LogP contribution in [-0.2, 0) is 9.59 Å². The maximum Gasteiger partial charge on any atom is 0.248 e. The third kappa shape index (κ3) is 5.55. The number of nitrogens with zero attached hydrogens (tertiary/aromatic N) is 7. The summed E-state index contributed by atoms with van der Waals surface area (Å²) in [6.07, 6.45) is 8.58. The van der Waals surface area contributed by atoms with Gasteiger partial charge in [-0.2, -0.15) is 0 Å². The van der Waals surface area contributed by atoms with Crippen LogP contribution in [0.15, 0.2) is 79.0 Å². The highest BCUT2D eigenvalue weighted by Crippen LogP contribution is 2.42. The van der Waals surface area contributed by atoms with Gasteiger partial charge in [0.05, 0.1) is 17.1 Å². The Morgan fingerprint density at radius 1 is 1.07 bits per heavy atom. The van der Waals surface area contributed by atoms with E-state index in [2.05, 4.69) is 23.6 Å². The monoisotopic (exact) mass is 609 g/mol. The molecule has 2 aromatic heterocycles. The van der Waals surface area contributed by atoms with E-state index >= 15 is 0 Å². The molecule has 1 unspecified atom stereocenters. The number of amides is 2. The first-order valence-electron chi connectivity index (χ1n) is 15.1. The lowest BCUT2D eigenvalue weighted by Gasteiger charge is -2.28. The first-order chi connectivity index (χ1) is 21.5. The second-order valence-corrected chi connectivity index (χ2v) is 12.4. The Hall–Kier alpha value is -4.27. The van der Waals surface area contributed by atoms with Crippen LogP contribution in [0.25, 0.3) is 11.0 Å². The maximum absolute atomic E-state index is 14.2. The molecule has 10 nitrogen and oxygen atoms in total. The van der Waals surface area contributed by atoms with Crippen molar-refractivity contribution in [1.82, 2.24) is 24.3 Å². The van der Waals surface area contributed by atoms with Crippen LogP contribution < -0.4 is 14.5 Å². The molecule has 4 heterocycles. The van der Waals surface area contributed by atoms with E-state index in [1.165, 1.54) is 12.8 Å². The Bertz CT molecular complexity index is 1700. The summed E-state index contributed by atoms with van der Waals surface area (Å²) in [6, 6.07) is 19.9. The van der Waals surface area contributed by atoms with Crippen LogP contribution in [0, 0.1) is 0 Å². The number of benzene rings is 2. The van der Waals surface area contributed by atoms with Gasteiger partial charge in [0.1, 0.15) is 18.0 Å². The minimum Gasteiger partial charge on any atom is -0.457 e. The Labute approximate surface area is 258 Å². The van der Waals surface area contributed by atoms with Gasteiger partial charge in [-0.25, -0.2) is 9.44 Å². The van der Waals surface area contributed by atoms with Gasteiger partial charge in [0.15, 0.2) is 11.5 Å². The molecule has 7 rings (SSSR count). The van der Waals surface area contributed by atoms with Gasteiger partial charge in [-0.15, -0.1) is 5.10 Å². The third-order valence-electron chi connectivity index (χ3n) is 8.61. The molecule has 11 heteroatoms. The van der Waals surface area contributed by atoms with Crippen molar-refractivity contribution in [3.8, 4) is 11.5 Å². The number of carbonyl (C=O) groups is 2. The van der Waals surface area contributed by atoms with E-state index in [1.54, 1.807) is 12.3 Å². The zero-order valence-corrected chi connectivity index (χ0v) is 26.0. The van der Waals surface area contributed by atoms with E-state index in [-0.39, 0.29) is 24.4 Å². The normalized spacial score (nSPS) is 18.8. The maximum atomic E-state index is 14.2. The van der Waals surface area contributed by atoms with E-state index in [4.69, 9.17) is 9.84 Å². The standard InChI is InChI=1S/C33H36N7O3P/c1-36(23-10-11-23)19-6-9-29(41)37-20-17-25(21-37)39-30(42)22-38(28-16-18-34-32-31(28)33(39)35-40(32)44-2)24-12-14-27(15-13-24)43-26-7-4-3-5-8-26/h3-9,12-16,18,23,25,44H,10-11,17,19-22H2,1-2H3/b9-6+/t25-/m1/s1. The molecular weight excluding hydrogens is 573 g/mol. The number of pyridine rings is 1. The Balaban J connectivity index is 1.16. The summed E-state index contributed by atoms with van der Waals surface area (Å²) in [5.41, 5.74) is 2.51. The fraction of sp³-hybridized carbons (Fsp3) is 0.333. The van der Waals surface area contributed by atoms with Crippen molar-refractivity contribution >= 4 is 48.8 Å². The molecule has 2 atom stereocenters. The largest absolute Gasteiger partial charge is 0.457 e. The highest BCUT2D eigenvalue weighted by molar-refractivity contribution is 7.35. The van der Waals surface area contributed by atoms with Crippen LogP contribution in [0.1, 0.15) is 19.3 Å². The van der Waals surface area contributed by atoms with Gasteiger partial charge in [0.25, 0.3) is 0 Å². The summed E-state index contributed by atoms with van der Waals surface area (Å²) in [5, 5.41) is 5.78. The van der Waals surface area contributed by atoms with E-state index < -0.39 is 0 Å². The summed E-state index contributed by atoms with van der Waals surface area (Å²) in [6.45, 7) is 4.03. The minimum atomic E-state index is -0.171. The van der Waals surface area contributed by atoms with Crippen LogP contribution in [0.3, 0.4) is 0 Å². The van der Waals surface area contributed by atoms with Crippen molar-refractivity contribution in [2.45, 2.75) is 31.3 Å². The lowest BCUT2D eigenvalue weighted by Crippen LogP contribution is -2.46. The summed E-state index contributed by atoms with van der Waals surface area (Å²) >= 11 is 0. The zero-order chi connectivity index (χ0) is 30.2. The molecule has 2 fully saturated rings. The molecular formula is C33H36N7O3P. The number of likely N-dealkylation sites (tertiary alicyclic amines) is 1. The molecule has 1 aliphatic carbocycles. The number of anilines is 3. The molecule has 2 aromatic carbocycles. The molecule has 226 valence electrons. The lowest BCUT2D eigenvalue weighted by molar-refractivity contribution is -0.125. The lowest BCUT2D eigenvalue weighted by atomic mass is 10.2. The quantitative estimate of drug-likeness (QED) is 0.194. The second-order valence-electron chi connectivity index (χ2n) is 11.5. The molecule has 1 saturated heterocycles. The highest BCUT2D eigenvalue weighted by atomic mass is 31.1. The molecule has 0 N–H and O–H groups in total. The number of aromatic nitrogens is 3. The summed E-state index contributed by atoms with van der Waals surface area (Å²) < 4.78 is 7.89. The van der Waals surface area contributed by atoms with E-state index in [9.17, 15) is 9.59 Å². The summed E-state index contributed by atoms with van der Waals surface area (Å²) in [5.74, 6) is 2.03. The first-order valence-corrected chi connectivity index (χ1v) is 16.6.